The van der Waals surface area contributed by atoms with E-state index >= 15 is 0 Å². The van der Waals surface area contributed by atoms with Crippen molar-refractivity contribution in [2.45, 2.75) is 32.9 Å². The Bertz CT molecular complexity index is 183. The molecule has 0 aliphatic rings. The average molecular weight is 202 g/mol. The van der Waals surface area contributed by atoms with Gasteiger partial charge >= 0.3 is 0 Å². The van der Waals surface area contributed by atoms with Gasteiger partial charge in [0.1, 0.15) is 6.04 Å². The summed E-state index contributed by atoms with van der Waals surface area (Å²) in [6.07, 6.45) is 0. The number of rotatable bonds is 5. The van der Waals surface area contributed by atoms with Crippen LogP contribution in [0.5, 0.6) is 0 Å². The quantitative estimate of drug-likeness (QED) is 0.705. The first-order chi connectivity index (χ1) is 6.41. The van der Waals surface area contributed by atoms with Crippen molar-refractivity contribution in [3.63, 3.8) is 0 Å². The highest BCUT2D eigenvalue weighted by atomic mass is 16.5. The van der Waals surface area contributed by atoms with Crippen molar-refractivity contribution in [2.24, 2.45) is 11.7 Å². The highest BCUT2D eigenvalue weighted by Crippen LogP contribution is 2.08. The van der Waals surface area contributed by atoms with Crippen LogP contribution in [0, 0.1) is 5.92 Å². The van der Waals surface area contributed by atoms with E-state index in [0.717, 1.165) is 0 Å². The summed E-state index contributed by atoms with van der Waals surface area (Å²) in [5.41, 5.74) is 5.65. The molecule has 0 radical (unpaired) electrons. The summed E-state index contributed by atoms with van der Waals surface area (Å²) in [6.45, 7) is 6.45. The van der Waals surface area contributed by atoms with Crippen molar-refractivity contribution in [3.8, 4) is 0 Å². The van der Waals surface area contributed by atoms with Crippen LogP contribution in [-0.2, 0) is 9.53 Å². The summed E-state index contributed by atoms with van der Waals surface area (Å²) in [4.78, 5) is 13.4. The smallest absolute Gasteiger partial charge is 0.241 e. The first-order valence-corrected chi connectivity index (χ1v) is 4.93. The molecule has 0 aromatic carbocycles. The van der Waals surface area contributed by atoms with Crippen LogP contribution in [0.2, 0.25) is 0 Å². The summed E-state index contributed by atoms with van der Waals surface area (Å²) in [5, 5.41) is 0. The molecule has 14 heavy (non-hydrogen) atoms. The van der Waals surface area contributed by atoms with Gasteiger partial charge in [0.25, 0.3) is 0 Å². The van der Waals surface area contributed by atoms with E-state index < -0.39 is 6.04 Å². The standard InChI is InChI=1S/C10H22N2O2/c1-7(2)8(3)12(4)10(13)9(11)6-14-5/h7-9H,6,11H2,1-5H3. The maximum absolute atomic E-state index is 11.7. The second-order valence-electron chi connectivity index (χ2n) is 4.00. The van der Waals surface area contributed by atoms with Gasteiger partial charge in [0.15, 0.2) is 0 Å². The van der Waals surface area contributed by atoms with E-state index in [1.165, 1.54) is 0 Å². The lowest BCUT2D eigenvalue weighted by atomic mass is 10.0. The molecule has 2 N–H and O–H groups in total. The molecule has 0 aliphatic carbocycles. The molecule has 2 atom stereocenters. The molecule has 0 heterocycles. The Morgan fingerprint density at radius 3 is 2.29 bits per heavy atom. The lowest BCUT2D eigenvalue weighted by molar-refractivity contribution is -0.135. The Morgan fingerprint density at radius 1 is 1.43 bits per heavy atom. The monoisotopic (exact) mass is 202 g/mol. The Balaban J connectivity index is 4.23. The zero-order valence-electron chi connectivity index (χ0n) is 9.78. The van der Waals surface area contributed by atoms with E-state index in [2.05, 4.69) is 13.8 Å². The minimum absolute atomic E-state index is 0.0620. The summed E-state index contributed by atoms with van der Waals surface area (Å²) in [7, 11) is 3.32. The lowest BCUT2D eigenvalue weighted by Crippen LogP contribution is -2.48. The molecule has 0 saturated carbocycles. The van der Waals surface area contributed by atoms with Crippen LogP contribution in [0.4, 0.5) is 0 Å². The van der Waals surface area contributed by atoms with Crippen LogP contribution in [0.25, 0.3) is 0 Å². The molecule has 2 unspecified atom stereocenters. The van der Waals surface area contributed by atoms with Crippen molar-refractivity contribution in [2.75, 3.05) is 20.8 Å². The SMILES string of the molecule is COCC(N)C(=O)N(C)C(C)C(C)C. The molecule has 84 valence electrons. The first-order valence-electron chi connectivity index (χ1n) is 4.93. The van der Waals surface area contributed by atoms with Gasteiger partial charge in [0, 0.05) is 20.2 Å². The summed E-state index contributed by atoms with van der Waals surface area (Å²) in [6, 6.07) is -0.350. The van der Waals surface area contributed by atoms with E-state index in [0.29, 0.717) is 5.92 Å². The number of likely N-dealkylation sites (N-methyl/N-ethyl adjacent to an activating group) is 1. The molecular formula is C10H22N2O2. The second kappa shape index (κ2) is 5.98. The number of methoxy groups -OCH3 is 1. The molecule has 4 heteroatoms. The van der Waals surface area contributed by atoms with Gasteiger partial charge in [0.2, 0.25) is 5.91 Å². The fraction of sp³-hybridized carbons (Fsp3) is 0.900. The molecule has 4 nitrogen and oxygen atoms in total. The Kier molecular flexibility index (Phi) is 5.72. The zero-order chi connectivity index (χ0) is 11.3. The van der Waals surface area contributed by atoms with Gasteiger partial charge in [-0.3, -0.25) is 4.79 Å². The van der Waals surface area contributed by atoms with Gasteiger partial charge in [0.05, 0.1) is 6.61 Å². The van der Waals surface area contributed by atoms with Crippen LogP contribution in [0.1, 0.15) is 20.8 Å². The summed E-state index contributed by atoms with van der Waals surface area (Å²) in [5.74, 6) is 0.367. The summed E-state index contributed by atoms with van der Waals surface area (Å²) < 4.78 is 4.84. The van der Waals surface area contributed by atoms with Crippen LogP contribution in [0.15, 0.2) is 0 Å². The van der Waals surface area contributed by atoms with E-state index in [1.807, 2.05) is 6.92 Å². The highest BCUT2D eigenvalue weighted by Gasteiger charge is 2.23. The molecule has 0 aromatic heterocycles. The third-order valence-electron chi connectivity index (χ3n) is 2.59. The minimum Gasteiger partial charge on any atom is -0.383 e. The first kappa shape index (κ1) is 13.4. The van der Waals surface area contributed by atoms with E-state index in [-0.39, 0.29) is 18.6 Å². The third-order valence-corrected chi connectivity index (χ3v) is 2.59. The molecule has 0 saturated heterocycles. The molecule has 0 aliphatic heterocycles. The molecule has 0 bridgehead atoms. The fourth-order valence-electron chi connectivity index (χ4n) is 1.16. The third kappa shape index (κ3) is 3.64. The summed E-state index contributed by atoms with van der Waals surface area (Å²) >= 11 is 0. The predicted molar refractivity (Wildman–Crippen MR) is 56.9 cm³/mol. The Morgan fingerprint density at radius 2 is 1.93 bits per heavy atom. The molecular weight excluding hydrogens is 180 g/mol. The van der Waals surface area contributed by atoms with Crippen molar-refractivity contribution >= 4 is 5.91 Å². The number of hydrogen-bond acceptors (Lipinski definition) is 3. The van der Waals surface area contributed by atoms with Crippen LogP contribution >= 0.6 is 0 Å². The second-order valence-corrected chi connectivity index (χ2v) is 4.00. The van der Waals surface area contributed by atoms with Gasteiger partial charge in [-0.25, -0.2) is 0 Å². The van der Waals surface area contributed by atoms with Gasteiger partial charge in [-0.2, -0.15) is 0 Å². The fourth-order valence-corrected chi connectivity index (χ4v) is 1.16. The number of ether oxygens (including phenoxy) is 1. The number of amides is 1. The van der Waals surface area contributed by atoms with E-state index in [1.54, 1.807) is 19.1 Å². The van der Waals surface area contributed by atoms with Gasteiger partial charge in [-0.05, 0) is 12.8 Å². The molecule has 1 amide bonds. The minimum atomic E-state index is -0.550. The van der Waals surface area contributed by atoms with Crippen molar-refractivity contribution in [1.29, 1.82) is 0 Å². The Labute approximate surface area is 86.4 Å². The molecule has 0 spiro atoms. The number of nitrogens with zero attached hydrogens (tertiary/aromatic N) is 1. The molecule has 0 fully saturated rings. The van der Waals surface area contributed by atoms with Gasteiger partial charge in [-0.1, -0.05) is 13.8 Å². The van der Waals surface area contributed by atoms with Crippen molar-refractivity contribution < 1.29 is 9.53 Å². The Hall–Kier alpha value is -0.610. The van der Waals surface area contributed by atoms with Gasteiger partial charge in [-0.15, -0.1) is 0 Å². The zero-order valence-corrected chi connectivity index (χ0v) is 9.78. The normalized spacial score (nSPS) is 15.4. The van der Waals surface area contributed by atoms with Crippen LogP contribution in [0.3, 0.4) is 0 Å². The van der Waals surface area contributed by atoms with Crippen LogP contribution in [-0.4, -0.2) is 43.7 Å². The predicted octanol–water partition coefficient (Wildman–Crippen LogP) is 0.463. The average Bonchev–Trinajstić information content (AvgIpc) is 2.14. The molecule has 0 rings (SSSR count). The van der Waals surface area contributed by atoms with Crippen molar-refractivity contribution in [3.05, 3.63) is 0 Å². The van der Waals surface area contributed by atoms with E-state index in [4.69, 9.17) is 10.5 Å². The number of nitrogens with two attached hydrogens (primary N) is 1. The van der Waals surface area contributed by atoms with Crippen LogP contribution < -0.4 is 5.73 Å². The molecule has 0 aromatic rings. The topological polar surface area (TPSA) is 55.6 Å². The highest BCUT2D eigenvalue weighted by molar-refractivity contribution is 5.81. The number of carbonyl (C=O) groups is 1. The maximum Gasteiger partial charge on any atom is 0.241 e. The maximum atomic E-state index is 11.7. The lowest BCUT2D eigenvalue weighted by Gasteiger charge is -2.29. The van der Waals surface area contributed by atoms with Crippen molar-refractivity contribution in [1.82, 2.24) is 4.90 Å². The number of hydrogen-bond donors (Lipinski definition) is 1. The van der Waals surface area contributed by atoms with E-state index in [9.17, 15) is 4.79 Å². The number of carbonyl (C=O) groups excluding carboxylic acids is 1. The van der Waals surface area contributed by atoms with Gasteiger partial charge < -0.3 is 15.4 Å². The largest absolute Gasteiger partial charge is 0.383 e.